The Labute approximate surface area is 532 Å². The van der Waals surface area contributed by atoms with Gasteiger partial charge in [0.25, 0.3) is 0 Å². The van der Waals surface area contributed by atoms with Gasteiger partial charge in [0.05, 0.1) is 182 Å². The van der Waals surface area contributed by atoms with Crippen LogP contribution < -0.4 is 21.3 Å². The molecule has 31 heteroatoms. The number of anilines is 1. The molecule has 0 bridgehead atoms. The Morgan fingerprint density at radius 3 is 1.65 bits per heavy atom. The number of rotatable bonds is 50. The minimum atomic E-state index is -4.55. The maximum absolute atomic E-state index is 13.9. The highest BCUT2D eigenvalue weighted by molar-refractivity contribution is 5.93. The summed E-state index contributed by atoms with van der Waals surface area (Å²) in [7, 11) is 0. The molecule has 1 saturated carbocycles. The molecule has 28 nitrogen and oxygen atoms in total. The van der Waals surface area contributed by atoms with Gasteiger partial charge in [0.2, 0.25) is 17.7 Å². The number of aromatic nitrogens is 2. The minimum Gasteiger partial charge on any atom is -0.444 e. The predicted molar refractivity (Wildman–Crippen MR) is 328 cm³/mol. The molecule has 2 heterocycles. The molecule has 91 heavy (non-hydrogen) atoms. The molecule has 2 aromatic rings. The zero-order valence-corrected chi connectivity index (χ0v) is 54.1. The Balaban J connectivity index is 0.904. The molecule has 518 valence electrons. The van der Waals surface area contributed by atoms with Crippen molar-refractivity contribution in [2.75, 3.05) is 197 Å². The number of azide groups is 1. The third-order valence-corrected chi connectivity index (χ3v) is 13.6. The molecule has 0 radical (unpaired) electrons. The SMILES string of the molecule is CC(C)(C)N[C@@H]1CC[C@H](N2CC[C@H](Nc3ncnc4ccc(C(F)(F)F)cc34)C2=O)[C@H](NC(=O)CCOCCOCCOCCOCCOCCOCCNC(=O)CCOCCOCCOCCN(CCOCCOCCOCCN=[N+]=[N-])C(=O)OC(C)(C)C)C1. The fourth-order valence-electron chi connectivity index (χ4n) is 9.47. The molecule has 4 N–H and O–H groups in total. The second-order valence-electron chi connectivity index (χ2n) is 23.2. The van der Waals surface area contributed by atoms with E-state index < -0.39 is 29.5 Å². The summed E-state index contributed by atoms with van der Waals surface area (Å²) in [5, 5.41) is 16.3. The van der Waals surface area contributed by atoms with Crippen LogP contribution in [0.25, 0.3) is 21.3 Å². The Morgan fingerprint density at radius 1 is 0.648 bits per heavy atom. The van der Waals surface area contributed by atoms with Crippen LogP contribution in [0, 0.1) is 0 Å². The van der Waals surface area contributed by atoms with Crippen molar-refractivity contribution in [3.63, 3.8) is 0 Å². The van der Waals surface area contributed by atoms with Gasteiger partial charge in [-0.15, -0.1) is 0 Å². The normalized spacial score (nSPS) is 17.1. The van der Waals surface area contributed by atoms with E-state index >= 15 is 0 Å². The average molecular weight is 1300 g/mol. The van der Waals surface area contributed by atoms with Crippen molar-refractivity contribution >= 4 is 40.5 Å². The number of carbonyl (C=O) groups excluding carboxylic acids is 4. The van der Waals surface area contributed by atoms with Gasteiger partial charge in [-0.25, -0.2) is 14.8 Å². The summed E-state index contributed by atoms with van der Waals surface area (Å²) < 4.78 is 113. The highest BCUT2D eigenvalue weighted by atomic mass is 19.4. The summed E-state index contributed by atoms with van der Waals surface area (Å²) in [5.41, 5.74) is 6.93. The van der Waals surface area contributed by atoms with E-state index in [2.05, 4.69) is 62.0 Å². The van der Waals surface area contributed by atoms with Gasteiger partial charge < -0.3 is 92.6 Å². The van der Waals surface area contributed by atoms with E-state index in [9.17, 15) is 32.3 Å². The first-order valence-corrected chi connectivity index (χ1v) is 31.4. The fourth-order valence-corrected chi connectivity index (χ4v) is 9.47. The highest BCUT2D eigenvalue weighted by Gasteiger charge is 2.43. The van der Waals surface area contributed by atoms with Crippen molar-refractivity contribution in [1.82, 2.24) is 35.7 Å². The van der Waals surface area contributed by atoms with E-state index in [-0.39, 0.29) is 91.8 Å². The van der Waals surface area contributed by atoms with E-state index in [0.717, 1.165) is 18.6 Å². The van der Waals surface area contributed by atoms with Gasteiger partial charge in [0.1, 0.15) is 23.8 Å². The molecule has 0 unspecified atom stereocenters. The summed E-state index contributed by atoms with van der Waals surface area (Å²) in [5.74, 6) is -0.392. The Bertz CT molecular complexity index is 2410. The first-order chi connectivity index (χ1) is 43.7. The third kappa shape index (κ3) is 35.5. The molecule has 1 aliphatic heterocycles. The zero-order chi connectivity index (χ0) is 66.0. The Kier molecular flexibility index (Phi) is 38.6. The monoisotopic (exact) mass is 1300 g/mol. The molecule has 2 aliphatic rings. The van der Waals surface area contributed by atoms with Crippen LogP contribution in [0.4, 0.5) is 23.8 Å². The van der Waals surface area contributed by atoms with E-state index in [0.29, 0.717) is 190 Å². The number of nitrogens with zero attached hydrogens (tertiary/aromatic N) is 7. The molecule has 4 amide bonds. The van der Waals surface area contributed by atoms with E-state index in [1.807, 2.05) is 0 Å². The summed E-state index contributed by atoms with van der Waals surface area (Å²) >= 11 is 0. The fraction of sp³-hybridized carbons (Fsp3) is 0.800. The summed E-state index contributed by atoms with van der Waals surface area (Å²) in [6.45, 7) is 21.4. The lowest BCUT2D eigenvalue weighted by atomic mass is 9.84. The largest absolute Gasteiger partial charge is 0.444 e. The molecule has 2 fully saturated rings. The molecule has 1 aromatic heterocycles. The van der Waals surface area contributed by atoms with Crippen LogP contribution in [-0.4, -0.2) is 270 Å². The van der Waals surface area contributed by atoms with Crippen LogP contribution in [0.2, 0.25) is 0 Å². The van der Waals surface area contributed by atoms with Crippen molar-refractivity contribution in [2.45, 2.75) is 122 Å². The number of fused-ring (bicyclic) bond motifs is 1. The van der Waals surface area contributed by atoms with Crippen molar-refractivity contribution in [2.24, 2.45) is 5.11 Å². The van der Waals surface area contributed by atoms with Crippen LogP contribution >= 0.6 is 0 Å². The highest BCUT2D eigenvalue weighted by Crippen LogP contribution is 2.34. The van der Waals surface area contributed by atoms with Crippen molar-refractivity contribution < 1.29 is 93.9 Å². The van der Waals surface area contributed by atoms with Gasteiger partial charge in [0.15, 0.2) is 0 Å². The number of nitrogens with one attached hydrogen (secondary N) is 4. The number of ether oxygens (including phenoxy) is 13. The number of alkyl halides is 3. The standard InChI is InChI=1S/C60H100F3N11O17/c1-58(2,3)71-47-8-10-52(74-16-11-50(56(74)77)70-55-48-43-46(60(61,62)63)7-9-49(48)66-45-67-55)51(44-47)69-54(76)13-20-80-26-32-86-37-39-89-41-42-90-40-38-88-33-27-81-21-14-65-53(75)12-19-79-25-31-85-35-29-83-23-17-73(57(78)91-59(4,5)6)18-24-84-30-36-87-34-28-82-22-15-68-72-64/h7,9,43,45,47,50-52,71H,8,10-42,44H2,1-6H3,(H,65,75)(H,69,76)(H,66,67,70)/t47-,50+,51-,52+/m1/s1. The van der Waals surface area contributed by atoms with E-state index in [4.69, 9.17) is 67.1 Å². The van der Waals surface area contributed by atoms with Crippen LogP contribution in [0.5, 0.6) is 0 Å². The van der Waals surface area contributed by atoms with Crippen LogP contribution in [0.3, 0.4) is 0 Å². The van der Waals surface area contributed by atoms with Crippen LogP contribution in [0.15, 0.2) is 29.6 Å². The maximum atomic E-state index is 13.9. The first kappa shape index (κ1) is 78.1. The number of hydrogen-bond donors (Lipinski definition) is 4. The van der Waals surface area contributed by atoms with Crippen molar-refractivity contribution in [3.05, 3.63) is 40.5 Å². The van der Waals surface area contributed by atoms with E-state index in [1.165, 1.54) is 17.3 Å². The number of benzene rings is 1. The van der Waals surface area contributed by atoms with Crippen LogP contribution in [-0.2, 0) is 82.1 Å². The zero-order valence-electron chi connectivity index (χ0n) is 54.1. The number of likely N-dealkylation sites (tertiary alicyclic amines) is 1. The average Bonchev–Trinajstić information content (AvgIpc) is 1.87. The molecule has 1 saturated heterocycles. The lowest BCUT2D eigenvalue weighted by Crippen LogP contribution is -2.59. The number of halogens is 3. The van der Waals surface area contributed by atoms with Crippen LogP contribution in [0.1, 0.15) is 85.6 Å². The number of carbonyl (C=O) groups is 4. The van der Waals surface area contributed by atoms with Gasteiger partial charge in [-0.05, 0) is 91.0 Å². The van der Waals surface area contributed by atoms with Gasteiger partial charge in [-0.2, -0.15) is 13.2 Å². The summed E-state index contributed by atoms with van der Waals surface area (Å²) in [6.07, 6.45) is -0.963. The topological polar surface area (TPSA) is 317 Å². The summed E-state index contributed by atoms with van der Waals surface area (Å²) in [6, 6.07) is 2.05. The lowest BCUT2D eigenvalue weighted by Gasteiger charge is -2.43. The predicted octanol–water partition coefficient (Wildman–Crippen LogP) is 5.10. The van der Waals surface area contributed by atoms with Crippen molar-refractivity contribution in [1.29, 1.82) is 0 Å². The molecule has 0 spiro atoms. The molecule has 4 atom stereocenters. The maximum Gasteiger partial charge on any atom is 0.416 e. The minimum absolute atomic E-state index is 0.113. The molecular formula is C60H100F3N11O17. The number of amides is 4. The Hall–Kier alpha value is -5.38. The lowest BCUT2D eigenvalue weighted by molar-refractivity contribution is -0.137. The third-order valence-electron chi connectivity index (χ3n) is 13.6. The second kappa shape index (κ2) is 45.0. The second-order valence-corrected chi connectivity index (χ2v) is 23.2. The number of hydrogen-bond acceptors (Lipinski definition) is 22. The van der Waals surface area contributed by atoms with Gasteiger partial charge >= 0.3 is 12.3 Å². The van der Waals surface area contributed by atoms with Crippen molar-refractivity contribution in [3.8, 4) is 0 Å². The quantitative estimate of drug-likeness (QED) is 0.0290. The van der Waals surface area contributed by atoms with Gasteiger partial charge in [-0.1, -0.05) is 5.11 Å². The molecular weight excluding hydrogens is 1200 g/mol. The van der Waals surface area contributed by atoms with Gasteiger partial charge in [0, 0.05) is 67.4 Å². The Morgan fingerprint density at radius 2 is 1.14 bits per heavy atom. The molecule has 1 aliphatic carbocycles. The van der Waals surface area contributed by atoms with E-state index in [1.54, 1.807) is 25.7 Å². The van der Waals surface area contributed by atoms with Gasteiger partial charge in [-0.3, -0.25) is 14.4 Å². The molecule has 4 rings (SSSR count). The first-order valence-electron chi connectivity index (χ1n) is 31.4. The summed E-state index contributed by atoms with van der Waals surface area (Å²) in [4.78, 5) is 66.4. The smallest absolute Gasteiger partial charge is 0.416 e. The molecule has 1 aromatic carbocycles.